The van der Waals surface area contributed by atoms with Gasteiger partial charge in [0, 0.05) is 17.5 Å². The first kappa shape index (κ1) is 26.5. The number of benzene rings is 3. The summed E-state index contributed by atoms with van der Waals surface area (Å²) in [6.07, 6.45) is 0.157. The fourth-order valence-electron chi connectivity index (χ4n) is 3.29. The lowest BCUT2D eigenvalue weighted by Crippen LogP contribution is -2.32. The zero-order valence-electron chi connectivity index (χ0n) is 19.6. The van der Waals surface area contributed by atoms with E-state index in [1.54, 1.807) is 62.5 Å². The van der Waals surface area contributed by atoms with Crippen LogP contribution in [0.4, 0.5) is 16.2 Å². The molecule has 0 aliphatic heterocycles. The second-order valence-electron chi connectivity index (χ2n) is 7.76. The number of carbonyl (C=O) groups is 1. The summed E-state index contributed by atoms with van der Waals surface area (Å²) >= 11 is 0. The van der Waals surface area contributed by atoms with E-state index in [9.17, 15) is 28.4 Å². The smallest absolute Gasteiger partial charge is 0.436 e. The van der Waals surface area contributed by atoms with Crippen molar-refractivity contribution in [3.05, 3.63) is 99.4 Å². The molecular formula is C25H25N3O7S. The Morgan fingerprint density at radius 1 is 1.06 bits per heavy atom. The van der Waals surface area contributed by atoms with Crippen LogP contribution in [0, 0.1) is 10.1 Å². The van der Waals surface area contributed by atoms with Gasteiger partial charge in [0.05, 0.1) is 15.9 Å². The van der Waals surface area contributed by atoms with E-state index >= 15 is 0 Å². The summed E-state index contributed by atoms with van der Waals surface area (Å²) in [4.78, 5) is 26.8. The van der Waals surface area contributed by atoms with Gasteiger partial charge < -0.3 is 5.11 Å². The predicted molar refractivity (Wildman–Crippen MR) is 137 cm³/mol. The van der Waals surface area contributed by atoms with Crippen molar-refractivity contribution in [2.75, 3.05) is 18.8 Å². The van der Waals surface area contributed by atoms with Gasteiger partial charge in [0.2, 0.25) is 0 Å². The number of nitrogens with one attached hydrogen (secondary N) is 1. The molecule has 188 valence electrons. The van der Waals surface area contributed by atoms with Crippen molar-refractivity contribution in [2.45, 2.75) is 12.2 Å². The van der Waals surface area contributed by atoms with Gasteiger partial charge >= 0.3 is 6.09 Å². The van der Waals surface area contributed by atoms with Gasteiger partial charge in [-0.05, 0) is 66.6 Å². The molecular weight excluding hydrogens is 486 g/mol. The van der Waals surface area contributed by atoms with Crippen molar-refractivity contribution in [3.8, 4) is 11.1 Å². The number of amides is 1. The number of hydrogen-bond acceptors (Lipinski definition) is 7. The third kappa shape index (κ3) is 6.54. The first-order chi connectivity index (χ1) is 17.1. The molecule has 1 amide bonds. The number of nitro groups is 1. The Bertz CT molecular complexity index is 1340. The summed E-state index contributed by atoms with van der Waals surface area (Å²) in [5, 5.41) is 23.8. The first-order valence-corrected chi connectivity index (χ1v) is 12.4. The molecule has 3 rings (SSSR count). The standard InChI is InChI=1S/C25H25N3O7S/c1-18(20-5-7-21(8-6-20)22-9-13-24(14-10-22)28(31)32)36(33,34)16-15-19-3-11-23(12-4-19)27(25(29)30)35-17-26-2/h3-16,18,26H,17H2,1-2H3,(H,29,30). The highest BCUT2D eigenvalue weighted by molar-refractivity contribution is 7.94. The minimum absolute atomic E-state index is 0.00105. The van der Waals surface area contributed by atoms with Crippen molar-refractivity contribution in [2.24, 2.45) is 0 Å². The quantitative estimate of drug-likeness (QED) is 0.220. The number of nitro benzene ring substituents is 1. The molecule has 3 aromatic rings. The van der Waals surface area contributed by atoms with Crippen LogP contribution in [-0.4, -0.2) is 38.3 Å². The molecule has 0 spiro atoms. The maximum absolute atomic E-state index is 12.9. The zero-order chi connectivity index (χ0) is 26.3. The van der Waals surface area contributed by atoms with Gasteiger partial charge in [0.15, 0.2) is 9.84 Å². The number of hydroxylamine groups is 1. The number of hydrogen-bond donors (Lipinski definition) is 2. The van der Waals surface area contributed by atoms with Crippen LogP contribution in [0.25, 0.3) is 17.2 Å². The van der Waals surface area contributed by atoms with E-state index in [-0.39, 0.29) is 18.1 Å². The summed E-state index contributed by atoms with van der Waals surface area (Å²) in [7, 11) is -2.04. The van der Waals surface area contributed by atoms with E-state index in [2.05, 4.69) is 5.32 Å². The van der Waals surface area contributed by atoms with Gasteiger partial charge in [-0.25, -0.2) is 18.0 Å². The van der Waals surface area contributed by atoms with Crippen LogP contribution < -0.4 is 10.4 Å². The topological polar surface area (TPSA) is 139 Å². The minimum Gasteiger partial charge on any atom is -0.463 e. The van der Waals surface area contributed by atoms with Gasteiger partial charge in [-0.15, -0.1) is 0 Å². The van der Waals surface area contributed by atoms with Gasteiger partial charge in [-0.1, -0.05) is 36.4 Å². The molecule has 10 nitrogen and oxygen atoms in total. The second kappa shape index (κ2) is 11.6. The number of non-ortho nitro benzene ring substituents is 1. The fourth-order valence-corrected chi connectivity index (χ4v) is 4.41. The van der Waals surface area contributed by atoms with Crippen molar-refractivity contribution in [3.63, 3.8) is 0 Å². The van der Waals surface area contributed by atoms with Crippen molar-refractivity contribution in [1.29, 1.82) is 0 Å². The molecule has 0 bridgehead atoms. The average Bonchev–Trinajstić information content (AvgIpc) is 2.88. The Kier molecular flexibility index (Phi) is 8.54. The number of anilines is 1. The molecule has 0 saturated heterocycles. The van der Waals surface area contributed by atoms with E-state index in [1.165, 1.54) is 30.3 Å². The van der Waals surface area contributed by atoms with Crippen LogP contribution in [0.15, 0.2) is 78.2 Å². The predicted octanol–water partition coefficient (Wildman–Crippen LogP) is 5.00. The highest BCUT2D eigenvalue weighted by Crippen LogP contribution is 2.28. The summed E-state index contributed by atoms with van der Waals surface area (Å²) < 4.78 is 25.8. The third-order valence-corrected chi connectivity index (χ3v) is 7.15. The molecule has 1 atom stereocenters. The van der Waals surface area contributed by atoms with Crippen LogP contribution >= 0.6 is 0 Å². The molecule has 2 N–H and O–H groups in total. The lowest BCUT2D eigenvalue weighted by molar-refractivity contribution is -0.384. The monoisotopic (exact) mass is 511 g/mol. The maximum Gasteiger partial charge on any atom is 0.436 e. The highest BCUT2D eigenvalue weighted by atomic mass is 32.2. The van der Waals surface area contributed by atoms with E-state index in [0.29, 0.717) is 16.2 Å². The third-order valence-electron chi connectivity index (χ3n) is 5.37. The number of sulfone groups is 1. The van der Waals surface area contributed by atoms with Crippen molar-refractivity contribution in [1.82, 2.24) is 5.32 Å². The maximum atomic E-state index is 12.9. The summed E-state index contributed by atoms with van der Waals surface area (Å²) in [6.45, 7) is 1.59. The minimum atomic E-state index is -3.65. The number of nitrogens with zero attached hydrogens (tertiary/aromatic N) is 2. The molecule has 11 heteroatoms. The molecule has 0 aromatic heterocycles. The summed E-state index contributed by atoms with van der Waals surface area (Å²) in [6, 6.07) is 19.3. The summed E-state index contributed by atoms with van der Waals surface area (Å²) in [5.74, 6) is 0. The number of rotatable bonds is 10. The Hall–Kier alpha value is -4.06. The van der Waals surface area contributed by atoms with E-state index in [1.807, 2.05) is 0 Å². The average molecular weight is 512 g/mol. The zero-order valence-corrected chi connectivity index (χ0v) is 20.4. The number of carboxylic acid groups (broad SMARTS) is 1. The van der Waals surface area contributed by atoms with Gasteiger partial charge in [0.1, 0.15) is 6.73 Å². The van der Waals surface area contributed by atoms with E-state index < -0.39 is 26.1 Å². The molecule has 1 unspecified atom stereocenters. The Morgan fingerprint density at radius 2 is 1.61 bits per heavy atom. The Labute approximate surface area is 208 Å². The Morgan fingerprint density at radius 3 is 2.11 bits per heavy atom. The molecule has 0 heterocycles. The highest BCUT2D eigenvalue weighted by Gasteiger charge is 2.20. The van der Waals surface area contributed by atoms with Gasteiger partial charge in [-0.3, -0.25) is 15.4 Å². The molecule has 0 saturated carbocycles. The van der Waals surface area contributed by atoms with Gasteiger partial charge in [0.25, 0.3) is 5.69 Å². The molecule has 0 radical (unpaired) electrons. The fraction of sp³-hybridized carbons (Fsp3) is 0.160. The van der Waals surface area contributed by atoms with Crippen molar-refractivity contribution < 1.29 is 28.1 Å². The largest absolute Gasteiger partial charge is 0.463 e. The van der Waals surface area contributed by atoms with E-state index in [4.69, 9.17) is 4.84 Å². The van der Waals surface area contributed by atoms with Crippen LogP contribution in [-0.2, 0) is 14.7 Å². The first-order valence-electron chi connectivity index (χ1n) is 10.8. The van der Waals surface area contributed by atoms with Gasteiger partial charge in [-0.2, -0.15) is 5.06 Å². The lowest BCUT2D eigenvalue weighted by atomic mass is 10.0. The molecule has 36 heavy (non-hydrogen) atoms. The van der Waals surface area contributed by atoms with Crippen molar-refractivity contribution >= 4 is 33.4 Å². The summed E-state index contributed by atoms with van der Waals surface area (Å²) in [5.41, 5.74) is 3.03. The SMILES string of the molecule is CNCON(C(=O)O)c1ccc(C=CS(=O)(=O)C(C)c2ccc(-c3ccc([N+](=O)[O-])cc3)cc2)cc1. The molecule has 0 aliphatic rings. The molecule has 3 aromatic carbocycles. The van der Waals surface area contributed by atoms with Crippen LogP contribution in [0.5, 0.6) is 0 Å². The Balaban J connectivity index is 1.71. The van der Waals surface area contributed by atoms with Crippen LogP contribution in [0.3, 0.4) is 0 Å². The molecule has 0 aliphatic carbocycles. The molecule has 0 fully saturated rings. The second-order valence-corrected chi connectivity index (χ2v) is 9.91. The van der Waals surface area contributed by atoms with E-state index in [0.717, 1.165) is 16.5 Å². The van der Waals surface area contributed by atoms with Crippen LogP contribution in [0.1, 0.15) is 23.3 Å². The normalized spacial score (nSPS) is 12.4. The lowest BCUT2D eigenvalue weighted by Gasteiger charge is -2.18. The van der Waals surface area contributed by atoms with Crippen LogP contribution in [0.2, 0.25) is 0 Å².